The molecule has 116 valence electrons. The van der Waals surface area contributed by atoms with E-state index in [4.69, 9.17) is 0 Å². The van der Waals surface area contributed by atoms with Gasteiger partial charge in [0.05, 0.1) is 0 Å². The largest absolute Gasteiger partial charge is 1.00 e. The van der Waals surface area contributed by atoms with Crippen LogP contribution in [0.5, 0.6) is 0 Å². The van der Waals surface area contributed by atoms with Crippen molar-refractivity contribution in [1.82, 2.24) is 0 Å². The van der Waals surface area contributed by atoms with Crippen molar-refractivity contribution >= 4 is 10.1 Å². The number of hydrogen-bond acceptors (Lipinski definition) is 3. The summed E-state index contributed by atoms with van der Waals surface area (Å²) < 4.78 is 69.1. The Morgan fingerprint density at radius 3 is 1.80 bits per heavy atom. The number of halogens is 3. The van der Waals surface area contributed by atoms with Gasteiger partial charge in [-0.15, -0.1) is 0 Å². The molecule has 0 amide bonds. The summed E-state index contributed by atoms with van der Waals surface area (Å²) in [5, 5.41) is -4.81. The van der Waals surface area contributed by atoms with Crippen LogP contribution in [0.25, 0.3) is 0 Å². The molecule has 3 nitrogen and oxygen atoms in total. The third-order valence-corrected chi connectivity index (χ3v) is 3.93. The van der Waals surface area contributed by atoms with Crippen molar-refractivity contribution in [3.63, 3.8) is 0 Å². The second-order valence-electron chi connectivity index (χ2n) is 4.75. The number of rotatable bonds is 11. The first kappa shape index (κ1) is 23.0. The van der Waals surface area contributed by atoms with Gasteiger partial charge in [0.15, 0.2) is 16.3 Å². The van der Waals surface area contributed by atoms with Crippen molar-refractivity contribution < 1.29 is 55.7 Å². The summed E-state index contributed by atoms with van der Waals surface area (Å²) in [6.07, 6.45) is 3.52. The topological polar surface area (TPSA) is 57.2 Å². The third kappa shape index (κ3) is 8.87. The van der Waals surface area contributed by atoms with Gasteiger partial charge < -0.3 is 4.55 Å². The first-order chi connectivity index (χ1) is 8.73. The van der Waals surface area contributed by atoms with Gasteiger partial charge in [-0.05, 0) is 6.42 Å². The zero-order chi connectivity index (χ0) is 14.9. The van der Waals surface area contributed by atoms with Gasteiger partial charge in [0, 0.05) is 0 Å². The molecule has 8 heteroatoms. The Morgan fingerprint density at radius 1 is 1.00 bits per heavy atom. The molecule has 0 saturated heterocycles. The minimum atomic E-state index is -5.92. The van der Waals surface area contributed by atoms with Crippen LogP contribution in [0.3, 0.4) is 0 Å². The van der Waals surface area contributed by atoms with E-state index in [0.717, 1.165) is 32.1 Å². The van der Waals surface area contributed by atoms with E-state index in [-0.39, 0.29) is 36.0 Å². The monoisotopic (exact) mass is 326 g/mol. The molecule has 0 spiro atoms. The van der Waals surface area contributed by atoms with Crippen LogP contribution in [0.15, 0.2) is 0 Å². The molecule has 0 bridgehead atoms. The third-order valence-electron chi connectivity index (χ3n) is 3.01. The van der Waals surface area contributed by atoms with Crippen molar-refractivity contribution in [2.24, 2.45) is 0 Å². The van der Waals surface area contributed by atoms with Crippen molar-refractivity contribution in [2.45, 2.75) is 76.1 Å². The van der Waals surface area contributed by atoms with Crippen molar-refractivity contribution in [3.8, 4) is 0 Å². The Labute approximate surface area is 141 Å². The van der Waals surface area contributed by atoms with Gasteiger partial charge in [-0.2, -0.15) is 8.78 Å². The van der Waals surface area contributed by atoms with E-state index >= 15 is 0 Å². The number of alkyl halides is 3. The fourth-order valence-corrected chi connectivity index (χ4v) is 2.21. The maximum atomic E-state index is 13.0. The van der Waals surface area contributed by atoms with Crippen LogP contribution in [0.4, 0.5) is 13.2 Å². The van der Waals surface area contributed by atoms with E-state index in [1.54, 1.807) is 0 Å². The fraction of sp³-hybridized carbons (Fsp3) is 1.00. The standard InChI is InChI=1S/C12H23F3O3S.Na/c1-2-3-4-5-6-7-8-9-10-11(13)12(14,15)19(16,17)18;/h11H,2-10H2,1H3,(H,16,17,18);/q;+1/p-1. The molecule has 0 N–H and O–H groups in total. The molecule has 0 radical (unpaired) electrons. The summed E-state index contributed by atoms with van der Waals surface area (Å²) >= 11 is 0. The van der Waals surface area contributed by atoms with Gasteiger partial charge in [0.25, 0.3) is 0 Å². The molecule has 0 fully saturated rings. The number of unbranched alkanes of at least 4 members (excludes halogenated alkanes) is 7. The normalized spacial score (nSPS) is 13.8. The molecule has 0 aliphatic carbocycles. The molecule has 0 saturated carbocycles. The quantitative estimate of drug-likeness (QED) is 0.323. The minimum Gasteiger partial charge on any atom is -0.743 e. The predicted octanol–water partition coefficient (Wildman–Crippen LogP) is 0.997. The van der Waals surface area contributed by atoms with Crippen LogP contribution in [-0.2, 0) is 10.1 Å². The molecule has 20 heavy (non-hydrogen) atoms. The Balaban J connectivity index is 0. The summed E-state index contributed by atoms with van der Waals surface area (Å²) in [5.74, 6) is 0. The maximum Gasteiger partial charge on any atom is 1.00 e. The zero-order valence-corrected chi connectivity index (χ0v) is 15.0. The molecule has 0 aliphatic heterocycles. The summed E-state index contributed by atoms with van der Waals surface area (Å²) in [5.41, 5.74) is 0. The van der Waals surface area contributed by atoms with E-state index in [1.807, 2.05) is 0 Å². The Hall–Kier alpha value is 0.700. The van der Waals surface area contributed by atoms with E-state index < -0.39 is 28.0 Å². The fourth-order valence-electron chi connectivity index (χ4n) is 1.78. The van der Waals surface area contributed by atoms with E-state index in [9.17, 15) is 26.1 Å². The second kappa shape index (κ2) is 11.3. The van der Waals surface area contributed by atoms with Gasteiger partial charge in [-0.3, -0.25) is 0 Å². The Kier molecular flexibility index (Phi) is 13.0. The van der Waals surface area contributed by atoms with Gasteiger partial charge in [0.1, 0.15) is 0 Å². The zero-order valence-electron chi connectivity index (χ0n) is 12.2. The Bertz CT molecular complexity index is 337. The minimum absolute atomic E-state index is 0. The molecule has 0 aliphatic rings. The summed E-state index contributed by atoms with van der Waals surface area (Å²) in [6, 6.07) is 0. The molecule has 0 aromatic carbocycles. The molecule has 1 atom stereocenters. The SMILES string of the molecule is CCCCCCCCCCC(F)C(F)(F)S(=O)(=O)[O-].[Na+]. The molecule has 1 unspecified atom stereocenters. The van der Waals surface area contributed by atoms with E-state index in [0.29, 0.717) is 6.42 Å². The summed E-state index contributed by atoms with van der Waals surface area (Å²) in [7, 11) is -5.92. The van der Waals surface area contributed by atoms with Crippen LogP contribution < -0.4 is 29.6 Å². The summed E-state index contributed by atoms with van der Waals surface area (Å²) in [4.78, 5) is 0. The first-order valence-corrected chi connectivity index (χ1v) is 8.11. The van der Waals surface area contributed by atoms with Gasteiger partial charge in [0.2, 0.25) is 0 Å². The van der Waals surface area contributed by atoms with Gasteiger partial charge in [-0.1, -0.05) is 58.3 Å². The predicted molar refractivity (Wildman–Crippen MR) is 66.8 cm³/mol. The van der Waals surface area contributed by atoms with E-state index in [2.05, 4.69) is 6.92 Å². The molecule has 0 aromatic rings. The summed E-state index contributed by atoms with van der Waals surface area (Å²) in [6.45, 7) is 2.10. The van der Waals surface area contributed by atoms with Crippen molar-refractivity contribution in [1.29, 1.82) is 0 Å². The van der Waals surface area contributed by atoms with Crippen LogP contribution in [0, 0.1) is 0 Å². The maximum absolute atomic E-state index is 13.0. The van der Waals surface area contributed by atoms with Crippen LogP contribution in [-0.4, -0.2) is 24.4 Å². The van der Waals surface area contributed by atoms with Gasteiger partial charge >= 0.3 is 34.8 Å². The molecular weight excluding hydrogens is 304 g/mol. The van der Waals surface area contributed by atoms with Crippen molar-refractivity contribution in [3.05, 3.63) is 0 Å². The average Bonchev–Trinajstić information content (AvgIpc) is 2.30. The van der Waals surface area contributed by atoms with Crippen molar-refractivity contribution in [2.75, 3.05) is 0 Å². The second-order valence-corrected chi connectivity index (χ2v) is 6.20. The Morgan fingerprint density at radius 2 is 1.40 bits per heavy atom. The van der Waals surface area contributed by atoms with E-state index in [1.165, 1.54) is 6.42 Å². The molecule has 0 heterocycles. The molecular formula is C12H22F3NaO3S. The van der Waals surface area contributed by atoms with Crippen LogP contribution >= 0.6 is 0 Å². The van der Waals surface area contributed by atoms with Crippen LogP contribution in [0.2, 0.25) is 0 Å². The first-order valence-electron chi connectivity index (χ1n) is 6.70. The molecule has 0 aromatic heterocycles. The smallest absolute Gasteiger partial charge is 0.743 e. The van der Waals surface area contributed by atoms with Gasteiger partial charge in [-0.25, -0.2) is 12.8 Å². The average molecular weight is 326 g/mol. The number of hydrogen-bond donors (Lipinski definition) is 0. The van der Waals surface area contributed by atoms with Crippen LogP contribution in [0.1, 0.15) is 64.7 Å². The molecule has 0 rings (SSSR count).